The van der Waals surface area contributed by atoms with Gasteiger partial charge in [0, 0.05) is 24.6 Å². The van der Waals surface area contributed by atoms with Crippen molar-refractivity contribution in [1.82, 2.24) is 4.90 Å². The number of rotatable bonds is 5. The normalized spacial score (nSPS) is 20.0. The minimum absolute atomic E-state index is 0.0888. The zero-order valence-electron chi connectivity index (χ0n) is 13.8. The number of hydrogen-bond donors (Lipinski definition) is 1. The number of aliphatic hydroxyl groups excluding tert-OH is 1. The smallest absolute Gasteiger partial charge is 0.227 e. The van der Waals surface area contributed by atoms with E-state index < -0.39 is 0 Å². The molecule has 1 aliphatic rings. The van der Waals surface area contributed by atoms with Crippen LogP contribution >= 0.6 is 0 Å². The Bertz CT molecular complexity index is 499. The van der Waals surface area contributed by atoms with Crippen molar-refractivity contribution in [1.29, 1.82) is 0 Å². The van der Waals surface area contributed by atoms with E-state index in [1.807, 2.05) is 49.9 Å². The summed E-state index contributed by atoms with van der Waals surface area (Å²) in [4.78, 5) is 14.4. The number of carbonyl (C=O) groups excluding carboxylic acids is 1. The lowest BCUT2D eigenvalue weighted by molar-refractivity contribution is -0.133. The van der Waals surface area contributed by atoms with Crippen LogP contribution in [0, 0.1) is 5.92 Å². The van der Waals surface area contributed by atoms with E-state index in [2.05, 4.69) is 0 Å². The predicted molar refractivity (Wildman–Crippen MR) is 86.9 cm³/mol. The average molecular weight is 305 g/mol. The Balaban J connectivity index is 2.02. The SMILES string of the molecule is CC(C)Oc1ccccc1CC(=O)N1CCCC(C(C)O)C1. The van der Waals surface area contributed by atoms with Crippen molar-refractivity contribution in [3.8, 4) is 5.75 Å². The minimum atomic E-state index is -0.354. The summed E-state index contributed by atoms with van der Waals surface area (Å²) in [6.07, 6.45) is 2.05. The first-order chi connectivity index (χ1) is 10.5. The Kier molecular flexibility index (Phi) is 5.83. The maximum absolute atomic E-state index is 12.6. The van der Waals surface area contributed by atoms with Gasteiger partial charge in [0.2, 0.25) is 5.91 Å². The third-order valence-corrected chi connectivity index (χ3v) is 4.17. The summed E-state index contributed by atoms with van der Waals surface area (Å²) in [5.74, 6) is 1.10. The Morgan fingerprint density at radius 3 is 2.77 bits per heavy atom. The summed E-state index contributed by atoms with van der Waals surface area (Å²) >= 11 is 0. The number of hydrogen-bond acceptors (Lipinski definition) is 3. The van der Waals surface area contributed by atoms with E-state index >= 15 is 0 Å². The van der Waals surface area contributed by atoms with Gasteiger partial charge in [0.15, 0.2) is 0 Å². The van der Waals surface area contributed by atoms with E-state index in [1.54, 1.807) is 0 Å². The van der Waals surface area contributed by atoms with E-state index in [9.17, 15) is 9.90 Å². The van der Waals surface area contributed by atoms with E-state index in [-0.39, 0.29) is 24.0 Å². The van der Waals surface area contributed by atoms with Crippen LogP contribution in [0.25, 0.3) is 0 Å². The number of aliphatic hydroxyl groups is 1. The third-order valence-electron chi connectivity index (χ3n) is 4.17. The van der Waals surface area contributed by atoms with Crippen molar-refractivity contribution in [2.45, 2.75) is 52.2 Å². The molecule has 0 saturated carbocycles. The maximum atomic E-state index is 12.6. The van der Waals surface area contributed by atoms with Gasteiger partial charge in [-0.25, -0.2) is 0 Å². The zero-order chi connectivity index (χ0) is 16.1. The molecular weight excluding hydrogens is 278 g/mol. The largest absolute Gasteiger partial charge is 0.491 e. The van der Waals surface area contributed by atoms with Crippen molar-refractivity contribution in [2.75, 3.05) is 13.1 Å². The Morgan fingerprint density at radius 1 is 1.36 bits per heavy atom. The number of carbonyl (C=O) groups is 1. The molecule has 4 heteroatoms. The Morgan fingerprint density at radius 2 is 2.09 bits per heavy atom. The topological polar surface area (TPSA) is 49.8 Å². The van der Waals surface area contributed by atoms with Crippen molar-refractivity contribution in [3.05, 3.63) is 29.8 Å². The fraction of sp³-hybridized carbons (Fsp3) is 0.611. The molecule has 2 unspecified atom stereocenters. The van der Waals surface area contributed by atoms with Crippen LogP contribution in [-0.2, 0) is 11.2 Å². The van der Waals surface area contributed by atoms with E-state index in [0.29, 0.717) is 13.0 Å². The molecule has 1 amide bonds. The second-order valence-electron chi connectivity index (χ2n) is 6.43. The number of ether oxygens (including phenoxy) is 1. The molecule has 0 spiro atoms. The molecule has 1 fully saturated rings. The second kappa shape index (κ2) is 7.63. The summed E-state index contributed by atoms with van der Waals surface area (Å²) in [5.41, 5.74) is 0.931. The van der Waals surface area contributed by atoms with Crippen LogP contribution in [0.4, 0.5) is 0 Å². The quantitative estimate of drug-likeness (QED) is 0.910. The molecular formula is C18H27NO3. The standard InChI is InChI=1S/C18H27NO3/c1-13(2)22-17-9-5-4-7-15(17)11-18(21)19-10-6-8-16(12-19)14(3)20/h4-5,7,9,13-14,16,20H,6,8,10-12H2,1-3H3. The number of benzene rings is 1. The first kappa shape index (κ1) is 16.8. The molecule has 2 atom stereocenters. The van der Waals surface area contributed by atoms with Gasteiger partial charge in [0.05, 0.1) is 18.6 Å². The van der Waals surface area contributed by atoms with Gasteiger partial charge < -0.3 is 14.7 Å². The van der Waals surface area contributed by atoms with Crippen molar-refractivity contribution in [2.24, 2.45) is 5.92 Å². The molecule has 1 N–H and O–H groups in total. The second-order valence-corrected chi connectivity index (χ2v) is 6.43. The van der Waals surface area contributed by atoms with Gasteiger partial charge in [0.1, 0.15) is 5.75 Å². The molecule has 0 bridgehead atoms. The van der Waals surface area contributed by atoms with Gasteiger partial charge in [-0.3, -0.25) is 4.79 Å². The molecule has 1 aromatic carbocycles. The first-order valence-corrected chi connectivity index (χ1v) is 8.17. The minimum Gasteiger partial charge on any atom is -0.491 e. The van der Waals surface area contributed by atoms with Gasteiger partial charge >= 0.3 is 0 Å². The molecule has 122 valence electrons. The van der Waals surface area contributed by atoms with E-state index in [4.69, 9.17) is 4.74 Å². The molecule has 0 radical (unpaired) electrons. The number of likely N-dealkylation sites (tertiary alicyclic amines) is 1. The van der Waals surface area contributed by atoms with Crippen LogP contribution in [0.5, 0.6) is 5.75 Å². The van der Waals surface area contributed by atoms with Gasteiger partial charge in [0.25, 0.3) is 0 Å². The fourth-order valence-electron chi connectivity index (χ4n) is 2.92. The summed E-state index contributed by atoms with van der Waals surface area (Å²) < 4.78 is 5.78. The highest BCUT2D eigenvalue weighted by atomic mass is 16.5. The fourth-order valence-corrected chi connectivity index (χ4v) is 2.92. The molecule has 1 saturated heterocycles. The van der Waals surface area contributed by atoms with Crippen molar-refractivity contribution >= 4 is 5.91 Å². The lowest BCUT2D eigenvalue weighted by atomic mass is 9.93. The molecule has 2 rings (SSSR count). The molecule has 1 aromatic rings. The molecule has 22 heavy (non-hydrogen) atoms. The number of para-hydroxylation sites is 1. The molecule has 1 aliphatic heterocycles. The molecule has 0 aliphatic carbocycles. The Hall–Kier alpha value is -1.55. The summed E-state index contributed by atoms with van der Waals surface area (Å²) in [6.45, 7) is 7.22. The van der Waals surface area contributed by atoms with Gasteiger partial charge in [-0.2, -0.15) is 0 Å². The van der Waals surface area contributed by atoms with Crippen LogP contribution in [-0.4, -0.2) is 41.2 Å². The maximum Gasteiger partial charge on any atom is 0.227 e. The summed E-state index contributed by atoms with van der Waals surface area (Å²) in [5, 5.41) is 9.75. The summed E-state index contributed by atoms with van der Waals surface area (Å²) in [6, 6.07) is 7.73. The number of amides is 1. The Labute approximate surface area is 133 Å². The lowest BCUT2D eigenvalue weighted by Crippen LogP contribution is -2.43. The number of piperidine rings is 1. The highest BCUT2D eigenvalue weighted by Crippen LogP contribution is 2.23. The zero-order valence-corrected chi connectivity index (χ0v) is 13.8. The highest BCUT2D eigenvalue weighted by molar-refractivity contribution is 5.79. The third kappa shape index (κ3) is 4.47. The van der Waals surface area contributed by atoms with Crippen LogP contribution in [0.3, 0.4) is 0 Å². The van der Waals surface area contributed by atoms with Gasteiger partial charge in [-0.1, -0.05) is 18.2 Å². The van der Waals surface area contributed by atoms with Crippen LogP contribution in [0.1, 0.15) is 39.2 Å². The van der Waals surface area contributed by atoms with Crippen molar-refractivity contribution < 1.29 is 14.6 Å². The van der Waals surface area contributed by atoms with E-state index in [1.165, 1.54) is 0 Å². The van der Waals surface area contributed by atoms with Gasteiger partial charge in [-0.05, 0) is 39.7 Å². The lowest BCUT2D eigenvalue weighted by Gasteiger charge is -2.34. The number of nitrogens with zero attached hydrogens (tertiary/aromatic N) is 1. The predicted octanol–water partition coefficient (Wildman–Crippen LogP) is 2.64. The van der Waals surface area contributed by atoms with Crippen molar-refractivity contribution in [3.63, 3.8) is 0 Å². The molecule has 1 heterocycles. The van der Waals surface area contributed by atoms with Crippen LogP contribution in [0.2, 0.25) is 0 Å². The summed E-state index contributed by atoms with van der Waals surface area (Å²) in [7, 11) is 0. The first-order valence-electron chi connectivity index (χ1n) is 8.17. The molecule has 0 aromatic heterocycles. The highest BCUT2D eigenvalue weighted by Gasteiger charge is 2.26. The monoisotopic (exact) mass is 305 g/mol. The average Bonchev–Trinajstić information content (AvgIpc) is 2.49. The molecule has 4 nitrogen and oxygen atoms in total. The van der Waals surface area contributed by atoms with Gasteiger partial charge in [-0.15, -0.1) is 0 Å². The van der Waals surface area contributed by atoms with Crippen LogP contribution in [0.15, 0.2) is 24.3 Å². The van der Waals surface area contributed by atoms with Crippen LogP contribution < -0.4 is 4.74 Å². The van der Waals surface area contributed by atoms with E-state index in [0.717, 1.165) is 30.7 Å².